The minimum absolute atomic E-state index is 0.604. The van der Waals surface area contributed by atoms with Gasteiger partial charge in [0, 0.05) is 6.04 Å². The summed E-state index contributed by atoms with van der Waals surface area (Å²) in [6.07, 6.45) is 6.22. The Kier molecular flexibility index (Phi) is 6.37. The molecule has 1 fully saturated rings. The van der Waals surface area contributed by atoms with Crippen LogP contribution in [-0.2, 0) is 0 Å². The molecule has 0 amide bonds. The fraction of sp³-hybridized carbons (Fsp3) is 0.647. The van der Waals surface area contributed by atoms with E-state index in [0.29, 0.717) is 12.0 Å². The standard InChI is InChI=1S/C17H26BrNO/c1-3-13(2)14-7-8-17(16(18)12-14)20-11-9-15-6-4-5-10-19-15/h7-8,12-13,15,19H,3-6,9-11H2,1-2H3/t13-,15+/m0/s1. The zero-order chi connectivity index (χ0) is 14.4. The van der Waals surface area contributed by atoms with Crippen molar-refractivity contribution in [1.29, 1.82) is 0 Å². The molecule has 0 unspecified atom stereocenters. The number of hydrogen-bond donors (Lipinski definition) is 1. The highest BCUT2D eigenvalue weighted by Crippen LogP contribution is 2.30. The molecule has 0 saturated carbocycles. The average molecular weight is 340 g/mol. The number of nitrogens with one attached hydrogen (secondary N) is 1. The molecule has 1 aliphatic heterocycles. The van der Waals surface area contributed by atoms with Gasteiger partial charge in [-0.2, -0.15) is 0 Å². The van der Waals surface area contributed by atoms with Crippen LogP contribution in [0.15, 0.2) is 22.7 Å². The van der Waals surface area contributed by atoms with Gasteiger partial charge in [-0.05, 0) is 71.8 Å². The Morgan fingerprint density at radius 1 is 1.40 bits per heavy atom. The van der Waals surface area contributed by atoms with Crippen LogP contribution in [0.3, 0.4) is 0 Å². The van der Waals surface area contributed by atoms with Crippen LogP contribution in [-0.4, -0.2) is 19.2 Å². The molecule has 0 bridgehead atoms. The predicted molar refractivity (Wildman–Crippen MR) is 88.6 cm³/mol. The Labute approximate surface area is 131 Å². The highest BCUT2D eigenvalue weighted by atomic mass is 79.9. The van der Waals surface area contributed by atoms with Gasteiger partial charge in [0.05, 0.1) is 11.1 Å². The zero-order valence-corrected chi connectivity index (χ0v) is 14.2. The summed E-state index contributed by atoms with van der Waals surface area (Å²) in [7, 11) is 0. The quantitative estimate of drug-likeness (QED) is 0.797. The van der Waals surface area contributed by atoms with Crippen molar-refractivity contribution in [1.82, 2.24) is 5.32 Å². The molecule has 1 heterocycles. The van der Waals surface area contributed by atoms with Crippen molar-refractivity contribution in [2.75, 3.05) is 13.2 Å². The Balaban J connectivity index is 1.83. The summed E-state index contributed by atoms with van der Waals surface area (Å²) in [5, 5.41) is 3.56. The van der Waals surface area contributed by atoms with Gasteiger partial charge >= 0.3 is 0 Å². The van der Waals surface area contributed by atoms with Gasteiger partial charge in [0.15, 0.2) is 0 Å². The van der Waals surface area contributed by atoms with Crippen LogP contribution in [0.4, 0.5) is 0 Å². The van der Waals surface area contributed by atoms with Gasteiger partial charge in [-0.15, -0.1) is 0 Å². The van der Waals surface area contributed by atoms with E-state index in [9.17, 15) is 0 Å². The molecule has 20 heavy (non-hydrogen) atoms. The molecule has 0 aliphatic carbocycles. The predicted octanol–water partition coefficient (Wildman–Crippen LogP) is 4.87. The lowest BCUT2D eigenvalue weighted by Crippen LogP contribution is -2.35. The molecular weight excluding hydrogens is 314 g/mol. The van der Waals surface area contributed by atoms with E-state index >= 15 is 0 Å². The summed E-state index contributed by atoms with van der Waals surface area (Å²) in [5.74, 6) is 1.57. The molecule has 1 N–H and O–H groups in total. The Morgan fingerprint density at radius 2 is 2.25 bits per heavy atom. The lowest BCUT2D eigenvalue weighted by atomic mass is 9.99. The maximum absolute atomic E-state index is 5.92. The minimum Gasteiger partial charge on any atom is -0.492 e. The second-order valence-corrected chi connectivity index (χ2v) is 6.64. The molecule has 0 aromatic heterocycles. The molecule has 1 aliphatic rings. The molecule has 2 rings (SSSR count). The van der Waals surface area contributed by atoms with E-state index in [1.54, 1.807) is 0 Å². The summed E-state index contributed by atoms with van der Waals surface area (Å²) in [5.41, 5.74) is 1.38. The van der Waals surface area contributed by atoms with Gasteiger partial charge in [0.1, 0.15) is 5.75 Å². The number of ether oxygens (including phenoxy) is 1. The van der Waals surface area contributed by atoms with Gasteiger partial charge in [0.25, 0.3) is 0 Å². The van der Waals surface area contributed by atoms with Gasteiger partial charge in [-0.3, -0.25) is 0 Å². The second-order valence-electron chi connectivity index (χ2n) is 5.78. The first-order valence-corrected chi connectivity index (χ1v) is 8.65. The average Bonchev–Trinajstić information content (AvgIpc) is 2.49. The van der Waals surface area contributed by atoms with Crippen molar-refractivity contribution in [3.8, 4) is 5.75 Å². The van der Waals surface area contributed by atoms with Crippen molar-refractivity contribution in [3.05, 3.63) is 28.2 Å². The Morgan fingerprint density at radius 3 is 2.90 bits per heavy atom. The number of halogens is 1. The third-order valence-electron chi connectivity index (χ3n) is 4.27. The molecule has 1 saturated heterocycles. The first kappa shape index (κ1) is 15.8. The third kappa shape index (κ3) is 4.49. The highest BCUT2D eigenvalue weighted by Gasteiger charge is 2.13. The van der Waals surface area contributed by atoms with Gasteiger partial charge in [-0.1, -0.05) is 26.3 Å². The fourth-order valence-corrected chi connectivity index (χ4v) is 3.17. The van der Waals surface area contributed by atoms with E-state index in [0.717, 1.165) is 29.8 Å². The molecule has 3 heteroatoms. The summed E-state index contributed by atoms with van der Waals surface area (Å²) in [6, 6.07) is 7.12. The molecule has 1 aromatic rings. The first-order chi connectivity index (χ1) is 9.70. The molecule has 0 spiro atoms. The molecule has 1 aromatic carbocycles. The van der Waals surface area contributed by atoms with E-state index < -0.39 is 0 Å². The zero-order valence-electron chi connectivity index (χ0n) is 12.6. The van der Waals surface area contributed by atoms with Crippen LogP contribution in [0.25, 0.3) is 0 Å². The molecule has 2 nitrogen and oxygen atoms in total. The van der Waals surface area contributed by atoms with Crippen LogP contribution in [0, 0.1) is 0 Å². The molecule has 112 valence electrons. The summed E-state index contributed by atoms with van der Waals surface area (Å²) < 4.78 is 7.00. The molecule has 0 radical (unpaired) electrons. The number of rotatable bonds is 6. The normalized spacial score (nSPS) is 20.6. The summed E-state index contributed by atoms with van der Waals surface area (Å²) >= 11 is 3.63. The lowest BCUT2D eigenvalue weighted by molar-refractivity contribution is 0.267. The van der Waals surface area contributed by atoms with Crippen molar-refractivity contribution in [2.45, 2.75) is 57.9 Å². The molecule has 2 atom stereocenters. The van der Waals surface area contributed by atoms with E-state index in [2.05, 4.69) is 53.3 Å². The Hall–Kier alpha value is -0.540. The second kappa shape index (κ2) is 8.04. The number of piperidine rings is 1. The number of hydrogen-bond acceptors (Lipinski definition) is 2. The first-order valence-electron chi connectivity index (χ1n) is 7.86. The maximum atomic E-state index is 5.92. The SMILES string of the molecule is CC[C@H](C)c1ccc(OCC[C@H]2CCCCN2)c(Br)c1. The lowest BCUT2D eigenvalue weighted by Gasteiger charge is -2.23. The van der Waals surface area contributed by atoms with E-state index in [1.165, 1.54) is 31.2 Å². The topological polar surface area (TPSA) is 21.3 Å². The van der Waals surface area contributed by atoms with Crippen LogP contribution in [0.2, 0.25) is 0 Å². The smallest absolute Gasteiger partial charge is 0.133 e. The largest absolute Gasteiger partial charge is 0.492 e. The minimum atomic E-state index is 0.604. The Bertz CT molecular complexity index is 415. The third-order valence-corrected chi connectivity index (χ3v) is 4.89. The fourth-order valence-electron chi connectivity index (χ4n) is 2.66. The van der Waals surface area contributed by atoms with Crippen molar-refractivity contribution >= 4 is 15.9 Å². The summed E-state index contributed by atoms with van der Waals surface area (Å²) in [4.78, 5) is 0. The monoisotopic (exact) mass is 339 g/mol. The maximum Gasteiger partial charge on any atom is 0.133 e. The van der Waals surface area contributed by atoms with Crippen molar-refractivity contribution in [2.24, 2.45) is 0 Å². The van der Waals surface area contributed by atoms with Crippen LogP contribution in [0.1, 0.15) is 57.4 Å². The van der Waals surface area contributed by atoms with Gasteiger partial charge < -0.3 is 10.1 Å². The van der Waals surface area contributed by atoms with Gasteiger partial charge in [0.2, 0.25) is 0 Å². The number of benzene rings is 1. The van der Waals surface area contributed by atoms with Crippen LogP contribution >= 0.6 is 15.9 Å². The van der Waals surface area contributed by atoms with E-state index in [1.807, 2.05) is 0 Å². The van der Waals surface area contributed by atoms with Crippen molar-refractivity contribution < 1.29 is 4.74 Å². The van der Waals surface area contributed by atoms with E-state index in [-0.39, 0.29) is 0 Å². The molecular formula is C17H26BrNO. The van der Waals surface area contributed by atoms with Crippen molar-refractivity contribution in [3.63, 3.8) is 0 Å². The van der Waals surface area contributed by atoms with Gasteiger partial charge in [-0.25, -0.2) is 0 Å². The van der Waals surface area contributed by atoms with Crippen LogP contribution < -0.4 is 10.1 Å². The van der Waals surface area contributed by atoms with E-state index in [4.69, 9.17) is 4.74 Å². The summed E-state index contributed by atoms with van der Waals surface area (Å²) in [6.45, 7) is 6.44. The van der Waals surface area contributed by atoms with Crippen LogP contribution in [0.5, 0.6) is 5.75 Å². The highest BCUT2D eigenvalue weighted by molar-refractivity contribution is 9.10.